The summed E-state index contributed by atoms with van der Waals surface area (Å²) in [6, 6.07) is 4.59. The zero-order valence-corrected chi connectivity index (χ0v) is 14.2. The van der Waals surface area contributed by atoms with Gasteiger partial charge >= 0.3 is 6.03 Å². The average molecular weight is 326 g/mol. The van der Waals surface area contributed by atoms with E-state index in [-0.39, 0.29) is 11.9 Å². The molecule has 0 aliphatic rings. The van der Waals surface area contributed by atoms with Crippen LogP contribution >= 0.6 is 11.6 Å². The van der Waals surface area contributed by atoms with E-state index in [1.807, 2.05) is 0 Å². The van der Waals surface area contributed by atoms with Gasteiger partial charge in [0.05, 0.1) is 10.6 Å². The van der Waals surface area contributed by atoms with Crippen molar-refractivity contribution in [3.8, 4) is 0 Å². The maximum absolute atomic E-state index is 12.0. The Bertz CT molecular complexity index is 518. The number of rotatable bonds is 7. The van der Waals surface area contributed by atoms with Gasteiger partial charge in [-0.25, -0.2) is 4.79 Å². The van der Waals surface area contributed by atoms with E-state index in [2.05, 4.69) is 17.6 Å². The fourth-order valence-electron chi connectivity index (χ4n) is 1.94. The summed E-state index contributed by atoms with van der Waals surface area (Å²) in [4.78, 5) is 25.2. The van der Waals surface area contributed by atoms with Crippen molar-refractivity contribution in [2.24, 2.45) is 0 Å². The molecule has 0 unspecified atom stereocenters. The number of amides is 3. The van der Waals surface area contributed by atoms with Crippen LogP contribution in [0.4, 0.5) is 10.5 Å². The van der Waals surface area contributed by atoms with E-state index >= 15 is 0 Å². The molecule has 0 fully saturated rings. The third kappa shape index (κ3) is 5.93. The molecule has 0 aliphatic carbocycles. The summed E-state index contributed by atoms with van der Waals surface area (Å²) in [5.41, 5.74) is 0.910. The maximum atomic E-state index is 12.0. The van der Waals surface area contributed by atoms with E-state index in [0.29, 0.717) is 22.8 Å². The van der Waals surface area contributed by atoms with Crippen molar-refractivity contribution in [3.63, 3.8) is 0 Å². The SMILES string of the molecule is CCCCCCNC(=O)Nc1ccc(Cl)c(C(=O)N(C)C)c1. The normalized spacial score (nSPS) is 10.2. The highest BCUT2D eigenvalue weighted by Gasteiger charge is 2.13. The first-order valence-corrected chi connectivity index (χ1v) is 7.89. The minimum Gasteiger partial charge on any atom is -0.345 e. The molecule has 122 valence electrons. The van der Waals surface area contributed by atoms with Gasteiger partial charge in [-0.1, -0.05) is 37.8 Å². The minimum absolute atomic E-state index is 0.200. The smallest absolute Gasteiger partial charge is 0.319 e. The van der Waals surface area contributed by atoms with Gasteiger partial charge in [0.15, 0.2) is 0 Å². The van der Waals surface area contributed by atoms with E-state index < -0.39 is 0 Å². The predicted octanol–water partition coefficient (Wildman–Crippen LogP) is 3.74. The maximum Gasteiger partial charge on any atom is 0.319 e. The second-order valence-electron chi connectivity index (χ2n) is 5.34. The lowest BCUT2D eigenvalue weighted by Crippen LogP contribution is -2.29. The van der Waals surface area contributed by atoms with Crippen LogP contribution in [0.2, 0.25) is 5.02 Å². The molecule has 0 radical (unpaired) electrons. The van der Waals surface area contributed by atoms with Gasteiger partial charge in [0.25, 0.3) is 5.91 Å². The van der Waals surface area contributed by atoms with Crippen LogP contribution in [0.25, 0.3) is 0 Å². The molecule has 0 aliphatic heterocycles. The Kier molecular flexibility index (Phi) is 7.74. The Labute approximate surface area is 137 Å². The molecule has 0 atom stereocenters. The van der Waals surface area contributed by atoms with Crippen molar-refractivity contribution in [1.82, 2.24) is 10.2 Å². The standard InChI is InChI=1S/C16H24ClN3O2/c1-4-5-6-7-10-18-16(22)19-12-8-9-14(17)13(11-12)15(21)20(2)3/h8-9,11H,4-7,10H2,1-3H3,(H2,18,19,22). The summed E-state index contributed by atoms with van der Waals surface area (Å²) in [5.74, 6) is -0.200. The van der Waals surface area contributed by atoms with Crippen molar-refractivity contribution < 1.29 is 9.59 Å². The van der Waals surface area contributed by atoms with E-state index in [9.17, 15) is 9.59 Å². The van der Waals surface area contributed by atoms with Crippen LogP contribution in [0.1, 0.15) is 43.0 Å². The molecule has 0 saturated carbocycles. The Morgan fingerprint density at radius 2 is 1.91 bits per heavy atom. The molecule has 0 bridgehead atoms. The quantitative estimate of drug-likeness (QED) is 0.750. The summed E-state index contributed by atoms with van der Waals surface area (Å²) in [6.45, 7) is 2.79. The first-order chi connectivity index (χ1) is 10.5. The van der Waals surface area contributed by atoms with Gasteiger partial charge in [-0.15, -0.1) is 0 Å². The topological polar surface area (TPSA) is 61.4 Å². The summed E-state index contributed by atoms with van der Waals surface area (Å²) in [6.07, 6.45) is 4.42. The van der Waals surface area contributed by atoms with Crippen LogP contribution in [0.5, 0.6) is 0 Å². The second-order valence-corrected chi connectivity index (χ2v) is 5.74. The van der Waals surface area contributed by atoms with Gasteiger partial charge in [0.2, 0.25) is 0 Å². The van der Waals surface area contributed by atoms with Crippen LogP contribution in [0.3, 0.4) is 0 Å². The number of benzene rings is 1. The second kappa shape index (κ2) is 9.30. The van der Waals surface area contributed by atoms with E-state index in [1.54, 1.807) is 32.3 Å². The molecule has 3 amide bonds. The summed E-state index contributed by atoms with van der Waals surface area (Å²) in [7, 11) is 3.31. The summed E-state index contributed by atoms with van der Waals surface area (Å²) < 4.78 is 0. The van der Waals surface area contributed by atoms with Gasteiger partial charge in [0, 0.05) is 26.3 Å². The van der Waals surface area contributed by atoms with Gasteiger partial charge < -0.3 is 15.5 Å². The number of hydrogen-bond donors (Lipinski definition) is 2. The van der Waals surface area contributed by atoms with Crippen LogP contribution in [-0.2, 0) is 0 Å². The van der Waals surface area contributed by atoms with E-state index in [1.165, 1.54) is 17.7 Å². The molecule has 0 heterocycles. The van der Waals surface area contributed by atoms with Crippen molar-refractivity contribution in [2.75, 3.05) is 26.0 Å². The highest BCUT2D eigenvalue weighted by molar-refractivity contribution is 6.34. The van der Waals surface area contributed by atoms with Crippen LogP contribution in [-0.4, -0.2) is 37.5 Å². The molecular formula is C16H24ClN3O2. The zero-order chi connectivity index (χ0) is 16.5. The molecule has 2 N–H and O–H groups in total. The highest BCUT2D eigenvalue weighted by atomic mass is 35.5. The average Bonchev–Trinajstić information content (AvgIpc) is 2.48. The summed E-state index contributed by atoms with van der Waals surface area (Å²) in [5, 5.41) is 5.88. The van der Waals surface area contributed by atoms with Crippen molar-refractivity contribution >= 4 is 29.2 Å². The zero-order valence-electron chi connectivity index (χ0n) is 13.4. The van der Waals surface area contributed by atoms with E-state index in [0.717, 1.165) is 12.8 Å². The van der Waals surface area contributed by atoms with Gasteiger partial charge in [0.1, 0.15) is 0 Å². The predicted molar refractivity (Wildman–Crippen MR) is 90.6 cm³/mol. The molecule has 22 heavy (non-hydrogen) atoms. The lowest BCUT2D eigenvalue weighted by Gasteiger charge is -2.13. The molecule has 6 heteroatoms. The fourth-order valence-corrected chi connectivity index (χ4v) is 2.14. The van der Waals surface area contributed by atoms with Crippen LogP contribution in [0, 0.1) is 0 Å². The molecule has 0 saturated heterocycles. The number of halogens is 1. The molecular weight excluding hydrogens is 302 g/mol. The number of nitrogens with zero attached hydrogens (tertiary/aromatic N) is 1. The number of hydrogen-bond acceptors (Lipinski definition) is 2. The van der Waals surface area contributed by atoms with Crippen molar-refractivity contribution in [3.05, 3.63) is 28.8 Å². The van der Waals surface area contributed by atoms with Gasteiger partial charge in [-0.2, -0.15) is 0 Å². The Morgan fingerprint density at radius 1 is 1.18 bits per heavy atom. The fraction of sp³-hybridized carbons (Fsp3) is 0.500. The van der Waals surface area contributed by atoms with Crippen molar-refractivity contribution in [1.29, 1.82) is 0 Å². The van der Waals surface area contributed by atoms with Gasteiger partial charge in [-0.3, -0.25) is 4.79 Å². The lowest BCUT2D eigenvalue weighted by molar-refractivity contribution is 0.0828. The lowest BCUT2D eigenvalue weighted by atomic mass is 10.2. The molecule has 1 aromatic carbocycles. The summed E-state index contributed by atoms with van der Waals surface area (Å²) >= 11 is 6.03. The van der Waals surface area contributed by atoms with Gasteiger partial charge in [-0.05, 0) is 24.6 Å². The molecule has 5 nitrogen and oxygen atoms in total. The number of anilines is 1. The van der Waals surface area contributed by atoms with E-state index in [4.69, 9.17) is 11.6 Å². The number of carbonyl (C=O) groups is 2. The third-order valence-corrected chi connectivity index (χ3v) is 3.51. The minimum atomic E-state index is -0.276. The Balaban J connectivity index is 2.57. The number of carbonyl (C=O) groups excluding carboxylic acids is 2. The third-order valence-electron chi connectivity index (χ3n) is 3.18. The van der Waals surface area contributed by atoms with Crippen molar-refractivity contribution in [2.45, 2.75) is 32.6 Å². The highest BCUT2D eigenvalue weighted by Crippen LogP contribution is 2.21. The number of unbranched alkanes of at least 4 members (excludes halogenated alkanes) is 3. The number of urea groups is 1. The first kappa shape index (κ1) is 18.3. The first-order valence-electron chi connectivity index (χ1n) is 7.51. The molecule has 1 aromatic rings. The van der Waals surface area contributed by atoms with Crippen LogP contribution < -0.4 is 10.6 Å². The van der Waals surface area contributed by atoms with Crippen LogP contribution in [0.15, 0.2) is 18.2 Å². The molecule has 1 rings (SSSR count). The monoisotopic (exact) mass is 325 g/mol. The Morgan fingerprint density at radius 3 is 2.55 bits per heavy atom. The largest absolute Gasteiger partial charge is 0.345 e. The molecule has 0 spiro atoms. The molecule has 0 aromatic heterocycles. The Hall–Kier alpha value is -1.75. The number of nitrogens with one attached hydrogen (secondary N) is 2.